The van der Waals surface area contributed by atoms with Gasteiger partial charge in [-0.15, -0.1) is 11.6 Å². The zero-order valence-corrected chi connectivity index (χ0v) is 11.4. The Morgan fingerprint density at radius 3 is 3.06 bits per heavy atom. The molecule has 0 aliphatic heterocycles. The molecule has 2 aromatic rings. The summed E-state index contributed by atoms with van der Waals surface area (Å²) < 4.78 is 5.18. The van der Waals surface area contributed by atoms with E-state index >= 15 is 0 Å². The minimum Gasteiger partial charge on any atom is -0.497 e. The zero-order valence-electron chi connectivity index (χ0n) is 9.87. The first-order valence-electron chi connectivity index (χ1n) is 5.45. The van der Waals surface area contributed by atoms with Crippen LogP contribution in [0, 0.1) is 5.92 Å². The van der Waals surface area contributed by atoms with Gasteiger partial charge in [-0.1, -0.05) is 18.7 Å². The van der Waals surface area contributed by atoms with Crippen molar-refractivity contribution in [2.45, 2.75) is 12.1 Å². The van der Waals surface area contributed by atoms with E-state index in [-0.39, 0.29) is 0 Å². The summed E-state index contributed by atoms with van der Waals surface area (Å²) in [5.74, 6) is 2.98. The van der Waals surface area contributed by atoms with E-state index in [1.807, 2.05) is 18.2 Å². The third kappa shape index (κ3) is 3.07. The van der Waals surface area contributed by atoms with Gasteiger partial charge >= 0.3 is 0 Å². The third-order valence-corrected chi connectivity index (χ3v) is 4.16. The second-order valence-corrected chi connectivity index (χ2v) is 5.31. The van der Waals surface area contributed by atoms with E-state index in [1.54, 1.807) is 18.9 Å². The van der Waals surface area contributed by atoms with Crippen molar-refractivity contribution in [2.24, 2.45) is 5.92 Å². The van der Waals surface area contributed by atoms with E-state index < -0.39 is 0 Å². The van der Waals surface area contributed by atoms with Crippen LogP contribution in [0.5, 0.6) is 5.75 Å². The van der Waals surface area contributed by atoms with Crippen LogP contribution < -0.4 is 4.74 Å². The fourth-order valence-corrected chi connectivity index (χ4v) is 2.57. The molecule has 1 unspecified atom stereocenters. The number of ether oxygens (including phenoxy) is 1. The highest BCUT2D eigenvalue weighted by atomic mass is 35.5. The average molecular weight is 271 g/mol. The Kier molecular flexibility index (Phi) is 4.18. The number of H-pyrrole nitrogens is 1. The van der Waals surface area contributed by atoms with Gasteiger partial charge in [-0.2, -0.15) is 0 Å². The van der Waals surface area contributed by atoms with Crippen molar-refractivity contribution in [1.29, 1.82) is 0 Å². The number of alkyl halides is 1. The Morgan fingerprint density at radius 2 is 2.35 bits per heavy atom. The van der Waals surface area contributed by atoms with E-state index in [0.717, 1.165) is 27.7 Å². The topological polar surface area (TPSA) is 37.9 Å². The Labute approximate surface area is 110 Å². The number of halogens is 1. The molecule has 0 aliphatic rings. The number of aromatic amines is 1. The largest absolute Gasteiger partial charge is 0.497 e. The van der Waals surface area contributed by atoms with Crippen LogP contribution in [-0.4, -0.2) is 28.7 Å². The van der Waals surface area contributed by atoms with Crippen molar-refractivity contribution in [3.8, 4) is 5.75 Å². The van der Waals surface area contributed by atoms with Gasteiger partial charge in [0.05, 0.1) is 18.1 Å². The molecule has 2 rings (SSSR count). The number of imidazole rings is 1. The highest BCUT2D eigenvalue weighted by Crippen LogP contribution is 2.24. The number of nitrogens with one attached hydrogen (secondary N) is 1. The molecule has 0 bridgehead atoms. The molecule has 0 saturated heterocycles. The van der Waals surface area contributed by atoms with Crippen molar-refractivity contribution < 1.29 is 4.74 Å². The fraction of sp³-hybridized carbons (Fsp3) is 0.417. The predicted octanol–water partition coefficient (Wildman–Crippen LogP) is 3.54. The number of methoxy groups -OCH3 is 1. The first kappa shape index (κ1) is 12.6. The predicted molar refractivity (Wildman–Crippen MR) is 73.3 cm³/mol. The highest BCUT2D eigenvalue weighted by Gasteiger charge is 2.06. The van der Waals surface area contributed by atoms with Crippen LogP contribution in [0.3, 0.4) is 0 Å². The Bertz CT molecular complexity index is 500. The average Bonchev–Trinajstić information content (AvgIpc) is 2.77. The highest BCUT2D eigenvalue weighted by molar-refractivity contribution is 7.99. The van der Waals surface area contributed by atoms with Gasteiger partial charge in [-0.3, -0.25) is 0 Å². The molecule has 3 nitrogen and oxygen atoms in total. The summed E-state index contributed by atoms with van der Waals surface area (Å²) in [6, 6.07) is 5.83. The van der Waals surface area contributed by atoms with E-state index in [1.165, 1.54) is 0 Å². The molecule has 92 valence electrons. The van der Waals surface area contributed by atoms with Crippen molar-refractivity contribution in [3.63, 3.8) is 0 Å². The molecule has 1 aromatic heterocycles. The number of hydrogen-bond donors (Lipinski definition) is 1. The lowest BCUT2D eigenvalue weighted by molar-refractivity contribution is 0.415. The van der Waals surface area contributed by atoms with Crippen molar-refractivity contribution in [2.75, 3.05) is 18.7 Å². The summed E-state index contributed by atoms with van der Waals surface area (Å²) in [5.41, 5.74) is 1.97. The maximum absolute atomic E-state index is 5.78. The quantitative estimate of drug-likeness (QED) is 0.667. The molecular formula is C12H15ClN2OS. The molecule has 0 fully saturated rings. The standard InChI is InChI=1S/C12H15ClN2OS/c1-8(6-13)7-17-12-14-10-4-3-9(16-2)5-11(10)15-12/h3-5,8H,6-7H2,1-2H3,(H,14,15). The molecule has 1 heterocycles. The molecule has 17 heavy (non-hydrogen) atoms. The molecular weight excluding hydrogens is 256 g/mol. The van der Waals surface area contributed by atoms with Gasteiger partial charge in [-0.25, -0.2) is 4.98 Å². The van der Waals surface area contributed by atoms with Crippen LogP contribution in [0.1, 0.15) is 6.92 Å². The summed E-state index contributed by atoms with van der Waals surface area (Å²) in [5, 5.41) is 0.935. The SMILES string of the molecule is COc1ccc2nc(SCC(C)CCl)[nH]c2c1. The number of benzene rings is 1. The first-order valence-corrected chi connectivity index (χ1v) is 6.97. The Morgan fingerprint density at radius 1 is 1.53 bits per heavy atom. The van der Waals surface area contributed by atoms with Crippen LogP contribution in [-0.2, 0) is 0 Å². The molecule has 0 radical (unpaired) electrons. The van der Waals surface area contributed by atoms with Gasteiger partial charge in [0.2, 0.25) is 0 Å². The summed E-state index contributed by atoms with van der Waals surface area (Å²) in [4.78, 5) is 7.78. The van der Waals surface area contributed by atoms with Crippen LogP contribution in [0.2, 0.25) is 0 Å². The number of thioether (sulfide) groups is 1. The van der Waals surface area contributed by atoms with Crippen molar-refractivity contribution in [1.82, 2.24) is 9.97 Å². The van der Waals surface area contributed by atoms with Gasteiger partial charge in [-0.05, 0) is 18.1 Å². The maximum Gasteiger partial charge on any atom is 0.166 e. The number of hydrogen-bond acceptors (Lipinski definition) is 3. The summed E-state index contributed by atoms with van der Waals surface area (Å²) in [7, 11) is 1.66. The van der Waals surface area contributed by atoms with Crippen LogP contribution >= 0.6 is 23.4 Å². The lowest BCUT2D eigenvalue weighted by atomic mass is 10.3. The lowest BCUT2D eigenvalue weighted by Gasteiger charge is -2.03. The molecule has 0 spiro atoms. The first-order chi connectivity index (χ1) is 8.22. The second kappa shape index (κ2) is 5.65. The zero-order chi connectivity index (χ0) is 12.3. The summed E-state index contributed by atoms with van der Waals surface area (Å²) >= 11 is 7.48. The number of fused-ring (bicyclic) bond motifs is 1. The van der Waals surface area contributed by atoms with Gasteiger partial charge in [0.1, 0.15) is 5.75 Å². The van der Waals surface area contributed by atoms with Crippen molar-refractivity contribution in [3.05, 3.63) is 18.2 Å². The molecule has 1 aromatic carbocycles. The molecule has 0 amide bonds. The van der Waals surface area contributed by atoms with Gasteiger partial charge in [0.25, 0.3) is 0 Å². The normalized spacial score (nSPS) is 12.9. The molecule has 5 heteroatoms. The third-order valence-electron chi connectivity index (χ3n) is 2.44. The number of aromatic nitrogens is 2. The molecule has 0 aliphatic carbocycles. The minimum atomic E-state index is 0.490. The van der Waals surface area contributed by atoms with Crippen LogP contribution in [0.4, 0.5) is 0 Å². The molecule has 0 saturated carbocycles. The summed E-state index contributed by atoms with van der Waals surface area (Å²) in [6.07, 6.45) is 0. The molecule has 1 N–H and O–H groups in total. The van der Waals surface area contributed by atoms with E-state index in [9.17, 15) is 0 Å². The number of rotatable bonds is 5. The smallest absolute Gasteiger partial charge is 0.166 e. The Balaban J connectivity index is 2.14. The fourth-order valence-electron chi connectivity index (χ4n) is 1.43. The van der Waals surface area contributed by atoms with Crippen molar-refractivity contribution >= 4 is 34.4 Å². The second-order valence-electron chi connectivity index (χ2n) is 4.00. The maximum atomic E-state index is 5.78. The van der Waals surface area contributed by atoms with Gasteiger partial charge in [0, 0.05) is 17.7 Å². The summed E-state index contributed by atoms with van der Waals surface area (Å²) in [6.45, 7) is 2.13. The van der Waals surface area contributed by atoms with Gasteiger partial charge < -0.3 is 9.72 Å². The van der Waals surface area contributed by atoms with E-state index in [2.05, 4.69) is 16.9 Å². The van der Waals surface area contributed by atoms with Crippen LogP contribution in [0.15, 0.2) is 23.4 Å². The van der Waals surface area contributed by atoms with E-state index in [4.69, 9.17) is 16.3 Å². The Hall–Kier alpha value is -0.870. The molecule has 1 atom stereocenters. The monoisotopic (exact) mass is 270 g/mol. The lowest BCUT2D eigenvalue weighted by Crippen LogP contribution is -1.99. The van der Waals surface area contributed by atoms with Crippen LogP contribution in [0.25, 0.3) is 11.0 Å². The van der Waals surface area contributed by atoms with Gasteiger partial charge in [0.15, 0.2) is 5.16 Å². The van der Waals surface area contributed by atoms with E-state index in [0.29, 0.717) is 11.8 Å². The number of nitrogens with zero attached hydrogens (tertiary/aromatic N) is 1. The minimum absolute atomic E-state index is 0.490.